The van der Waals surface area contributed by atoms with Gasteiger partial charge in [0.05, 0.1) is 18.3 Å². The topological polar surface area (TPSA) is 64.9 Å². The van der Waals surface area contributed by atoms with Gasteiger partial charge in [0.15, 0.2) is 6.23 Å². The van der Waals surface area contributed by atoms with E-state index in [1.807, 2.05) is 30.3 Å². The fourth-order valence-electron chi connectivity index (χ4n) is 3.39. The van der Waals surface area contributed by atoms with Gasteiger partial charge in [-0.3, -0.25) is 9.89 Å². The fourth-order valence-corrected chi connectivity index (χ4v) is 3.87. The first-order chi connectivity index (χ1) is 12.5. The number of fused-ring (bicyclic) bond motifs is 1. The van der Waals surface area contributed by atoms with Crippen LogP contribution in [-0.2, 0) is 12.8 Å². The van der Waals surface area contributed by atoms with Gasteiger partial charge in [-0.25, -0.2) is 4.79 Å². The maximum Gasteiger partial charge on any atom is 0.320 e. The van der Waals surface area contributed by atoms with Gasteiger partial charge in [0, 0.05) is 22.2 Å². The van der Waals surface area contributed by atoms with Crippen molar-refractivity contribution in [2.45, 2.75) is 25.1 Å². The first-order valence-corrected chi connectivity index (χ1v) is 9.10. The normalized spacial score (nSPS) is 21.6. The fraction of sp³-hybridized carbons (Fsp3) is 0.263. The van der Waals surface area contributed by atoms with E-state index in [0.29, 0.717) is 29.4 Å². The van der Waals surface area contributed by atoms with Gasteiger partial charge in [-0.1, -0.05) is 47.5 Å². The Labute approximate surface area is 161 Å². The van der Waals surface area contributed by atoms with Crippen LogP contribution in [0.5, 0.6) is 0 Å². The van der Waals surface area contributed by atoms with Crippen molar-refractivity contribution in [3.63, 3.8) is 0 Å². The highest BCUT2D eigenvalue weighted by Gasteiger charge is 2.39. The maximum absolute atomic E-state index is 12.3. The summed E-state index contributed by atoms with van der Waals surface area (Å²) in [5.74, 6) is 0. The molecule has 26 heavy (non-hydrogen) atoms. The number of halogens is 2. The van der Waals surface area contributed by atoms with E-state index in [-0.39, 0.29) is 6.03 Å². The minimum atomic E-state index is -0.944. The summed E-state index contributed by atoms with van der Waals surface area (Å²) in [5, 5.41) is 14.5. The Kier molecular flexibility index (Phi) is 4.61. The predicted molar refractivity (Wildman–Crippen MR) is 102 cm³/mol. The van der Waals surface area contributed by atoms with E-state index in [9.17, 15) is 9.90 Å². The Morgan fingerprint density at radius 3 is 2.81 bits per heavy atom. The molecule has 7 heteroatoms. The van der Waals surface area contributed by atoms with Crippen LogP contribution in [0.25, 0.3) is 0 Å². The summed E-state index contributed by atoms with van der Waals surface area (Å²) in [6.45, 7) is 0.298. The van der Waals surface area contributed by atoms with Gasteiger partial charge in [0.2, 0.25) is 0 Å². The highest BCUT2D eigenvalue weighted by atomic mass is 35.5. The molecular formula is C19H17Cl2N3O2. The molecule has 2 amide bonds. The van der Waals surface area contributed by atoms with Crippen LogP contribution in [0, 0.1) is 0 Å². The number of amides is 2. The Morgan fingerprint density at radius 1 is 1.23 bits per heavy atom. The van der Waals surface area contributed by atoms with Crippen LogP contribution in [0.15, 0.2) is 47.5 Å². The number of aliphatic imine (C=N–C) groups is 1. The van der Waals surface area contributed by atoms with Crippen molar-refractivity contribution >= 4 is 40.6 Å². The number of nitrogens with zero attached hydrogens (tertiary/aromatic N) is 2. The molecule has 5 nitrogen and oxygen atoms in total. The molecule has 0 aliphatic carbocycles. The molecule has 0 aromatic heterocycles. The number of nitrogens with one attached hydrogen (secondary N) is 1. The number of hydrogen-bond donors (Lipinski definition) is 2. The summed E-state index contributed by atoms with van der Waals surface area (Å²) in [7, 11) is 0. The van der Waals surface area contributed by atoms with Gasteiger partial charge in [0.1, 0.15) is 0 Å². The molecule has 0 bridgehead atoms. The molecule has 2 aromatic carbocycles. The van der Waals surface area contributed by atoms with Crippen LogP contribution in [0.2, 0.25) is 10.0 Å². The van der Waals surface area contributed by atoms with Gasteiger partial charge in [-0.15, -0.1) is 0 Å². The SMILES string of the molecule is O=C1N[C@@H](Cc2ccc(Cl)cc2Cl)C(O)N1CC1=Nc2ccccc2C1. The molecule has 0 spiro atoms. The molecule has 2 atom stereocenters. The molecule has 2 aliphatic heterocycles. The summed E-state index contributed by atoms with van der Waals surface area (Å²) >= 11 is 12.1. The zero-order valence-electron chi connectivity index (χ0n) is 13.8. The molecule has 2 N–H and O–H groups in total. The lowest BCUT2D eigenvalue weighted by molar-refractivity contribution is 0.0500. The van der Waals surface area contributed by atoms with Gasteiger partial charge >= 0.3 is 6.03 Å². The van der Waals surface area contributed by atoms with Crippen LogP contribution in [0.3, 0.4) is 0 Å². The zero-order chi connectivity index (χ0) is 18.3. The highest BCUT2D eigenvalue weighted by molar-refractivity contribution is 6.35. The van der Waals surface area contributed by atoms with E-state index >= 15 is 0 Å². The summed E-state index contributed by atoms with van der Waals surface area (Å²) in [5.41, 5.74) is 3.76. The lowest BCUT2D eigenvalue weighted by Crippen LogP contribution is -2.40. The van der Waals surface area contributed by atoms with Crippen molar-refractivity contribution in [3.05, 3.63) is 63.6 Å². The van der Waals surface area contributed by atoms with Gasteiger partial charge in [-0.2, -0.15) is 0 Å². The monoisotopic (exact) mass is 389 g/mol. The van der Waals surface area contributed by atoms with E-state index in [1.165, 1.54) is 4.90 Å². The zero-order valence-corrected chi connectivity index (χ0v) is 15.3. The highest BCUT2D eigenvalue weighted by Crippen LogP contribution is 2.28. The lowest BCUT2D eigenvalue weighted by atomic mass is 10.0. The molecule has 4 rings (SSSR count). The molecule has 1 unspecified atom stereocenters. The number of aliphatic hydroxyl groups is 1. The molecule has 0 saturated carbocycles. The van der Waals surface area contributed by atoms with Crippen LogP contribution in [0.4, 0.5) is 10.5 Å². The van der Waals surface area contributed by atoms with Crippen LogP contribution in [-0.4, -0.2) is 40.6 Å². The summed E-state index contributed by atoms with van der Waals surface area (Å²) in [4.78, 5) is 18.3. The summed E-state index contributed by atoms with van der Waals surface area (Å²) < 4.78 is 0. The second-order valence-corrected chi connectivity index (χ2v) is 7.36. The number of benzene rings is 2. The summed E-state index contributed by atoms with van der Waals surface area (Å²) in [6.07, 6.45) is 0.174. The van der Waals surface area contributed by atoms with Crippen LogP contribution in [0.1, 0.15) is 11.1 Å². The van der Waals surface area contributed by atoms with Gasteiger partial charge < -0.3 is 10.4 Å². The number of aliphatic hydroxyl groups excluding tert-OH is 1. The number of carbonyl (C=O) groups excluding carboxylic acids is 1. The molecule has 1 saturated heterocycles. The Bertz CT molecular complexity index is 900. The first-order valence-electron chi connectivity index (χ1n) is 8.35. The summed E-state index contributed by atoms with van der Waals surface area (Å²) in [6, 6.07) is 12.4. The molecule has 2 aromatic rings. The third-order valence-electron chi connectivity index (χ3n) is 4.72. The minimum Gasteiger partial charge on any atom is -0.371 e. The van der Waals surface area contributed by atoms with Crippen molar-refractivity contribution in [2.24, 2.45) is 4.99 Å². The standard InChI is InChI=1S/C19H17Cl2N3O2/c20-13-6-5-11(15(21)9-13)8-17-18(25)24(19(26)23-17)10-14-7-12-3-1-2-4-16(12)22-14/h1-6,9,17-18,25H,7-8,10H2,(H,23,26)/t17-,18?/m0/s1. The Hall–Kier alpha value is -2.08. The van der Waals surface area contributed by atoms with E-state index in [2.05, 4.69) is 10.3 Å². The molecule has 134 valence electrons. The van der Waals surface area contributed by atoms with E-state index < -0.39 is 12.3 Å². The van der Waals surface area contributed by atoms with E-state index in [0.717, 1.165) is 22.5 Å². The molecule has 2 heterocycles. The maximum atomic E-state index is 12.3. The van der Waals surface area contributed by atoms with Crippen molar-refractivity contribution in [1.29, 1.82) is 0 Å². The third kappa shape index (κ3) is 3.30. The third-order valence-corrected chi connectivity index (χ3v) is 5.31. The van der Waals surface area contributed by atoms with Gasteiger partial charge in [0.25, 0.3) is 0 Å². The minimum absolute atomic E-state index is 0.298. The average Bonchev–Trinajstić information content (AvgIpc) is 3.13. The Balaban J connectivity index is 1.45. The van der Waals surface area contributed by atoms with E-state index in [4.69, 9.17) is 23.2 Å². The number of carbonyl (C=O) groups is 1. The molecule has 0 radical (unpaired) electrons. The van der Waals surface area contributed by atoms with Crippen molar-refractivity contribution in [1.82, 2.24) is 10.2 Å². The second kappa shape index (κ2) is 6.91. The number of hydrogen-bond acceptors (Lipinski definition) is 3. The van der Waals surface area contributed by atoms with Crippen LogP contribution < -0.4 is 5.32 Å². The van der Waals surface area contributed by atoms with E-state index in [1.54, 1.807) is 12.1 Å². The first kappa shape index (κ1) is 17.3. The lowest BCUT2D eigenvalue weighted by Gasteiger charge is -2.21. The largest absolute Gasteiger partial charge is 0.371 e. The Morgan fingerprint density at radius 2 is 2.04 bits per heavy atom. The average molecular weight is 390 g/mol. The van der Waals surface area contributed by atoms with Crippen molar-refractivity contribution < 1.29 is 9.90 Å². The number of rotatable bonds is 4. The quantitative estimate of drug-likeness (QED) is 0.838. The number of para-hydroxylation sites is 1. The van der Waals surface area contributed by atoms with Crippen molar-refractivity contribution in [3.8, 4) is 0 Å². The second-order valence-electron chi connectivity index (χ2n) is 6.52. The predicted octanol–water partition coefficient (Wildman–Crippen LogP) is 3.58. The molecular weight excluding hydrogens is 373 g/mol. The molecule has 2 aliphatic rings. The van der Waals surface area contributed by atoms with Crippen molar-refractivity contribution in [2.75, 3.05) is 6.54 Å². The molecule has 1 fully saturated rings. The smallest absolute Gasteiger partial charge is 0.320 e. The van der Waals surface area contributed by atoms with Crippen LogP contribution >= 0.6 is 23.2 Å². The number of urea groups is 1. The van der Waals surface area contributed by atoms with Gasteiger partial charge in [-0.05, 0) is 35.7 Å².